The van der Waals surface area contributed by atoms with Crippen molar-refractivity contribution >= 4 is 5.97 Å². The molecule has 0 atom stereocenters. The van der Waals surface area contributed by atoms with E-state index < -0.39 is 34.5 Å². The Bertz CT molecular complexity index is 1150. The molecule has 0 aliphatic heterocycles. The van der Waals surface area contributed by atoms with Crippen molar-refractivity contribution in [2.24, 2.45) is 5.73 Å². The van der Waals surface area contributed by atoms with Gasteiger partial charge in [0.2, 0.25) is 0 Å². The maximum atomic E-state index is 13.7. The lowest BCUT2D eigenvalue weighted by molar-refractivity contribution is 0.0693. The van der Waals surface area contributed by atoms with Crippen LogP contribution in [0.1, 0.15) is 21.5 Å². The standard InChI is InChI=1S/C20H16F3N3O3/c21-15-4-2-12(8-13(15)10-24)18-9-14(20(28)29)19(27)26(25-18)6-5-11-1-3-16(22)17(23)7-11/h1-4,7-9H,5-6,10,24H2,(H,28,29). The largest absolute Gasteiger partial charge is 0.477 e. The highest BCUT2D eigenvalue weighted by Gasteiger charge is 2.16. The number of halogens is 3. The molecule has 9 heteroatoms. The van der Waals surface area contributed by atoms with Crippen molar-refractivity contribution in [3.8, 4) is 11.3 Å². The SMILES string of the molecule is NCc1cc(-c2cc(C(=O)O)c(=O)n(CCc3ccc(F)c(F)c3)n2)ccc1F. The number of hydrogen-bond donors (Lipinski definition) is 2. The maximum Gasteiger partial charge on any atom is 0.341 e. The average molecular weight is 403 g/mol. The molecule has 3 aromatic rings. The Morgan fingerprint density at radius 2 is 1.76 bits per heavy atom. The molecular formula is C20H16F3N3O3. The molecular weight excluding hydrogens is 387 g/mol. The molecule has 29 heavy (non-hydrogen) atoms. The van der Waals surface area contributed by atoms with Gasteiger partial charge in [0.05, 0.1) is 5.69 Å². The van der Waals surface area contributed by atoms with E-state index in [1.54, 1.807) is 0 Å². The Balaban J connectivity index is 2.01. The summed E-state index contributed by atoms with van der Waals surface area (Å²) in [6, 6.07) is 8.42. The number of carboxylic acid groups (broad SMARTS) is 1. The molecule has 0 radical (unpaired) electrons. The van der Waals surface area contributed by atoms with Crippen LogP contribution in [-0.2, 0) is 19.5 Å². The molecule has 0 aliphatic carbocycles. The topological polar surface area (TPSA) is 98.2 Å². The molecule has 0 saturated heterocycles. The number of aromatic nitrogens is 2. The van der Waals surface area contributed by atoms with Crippen LogP contribution < -0.4 is 11.3 Å². The summed E-state index contributed by atoms with van der Waals surface area (Å²) >= 11 is 0. The van der Waals surface area contributed by atoms with Gasteiger partial charge < -0.3 is 10.8 Å². The van der Waals surface area contributed by atoms with Crippen LogP contribution in [0.5, 0.6) is 0 Å². The minimum Gasteiger partial charge on any atom is -0.477 e. The van der Waals surface area contributed by atoms with Crippen LogP contribution >= 0.6 is 0 Å². The van der Waals surface area contributed by atoms with Gasteiger partial charge in [-0.15, -0.1) is 0 Å². The second-order valence-electron chi connectivity index (χ2n) is 6.29. The Hall–Kier alpha value is -3.46. The molecule has 1 heterocycles. The summed E-state index contributed by atoms with van der Waals surface area (Å²) in [5, 5.41) is 13.5. The number of aromatic carboxylic acids is 1. The molecule has 0 aliphatic rings. The van der Waals surface area contributed by atoms with Crippen LogP contribution in [0.15, 0.2) is 47.3 Å². The highest BCUT2D eigenvalue weighted by atomic mass is 19.2. The zero-order valence-corrected chi connectivity index (χ0v) is 15.0. The number of aryl methyl sites for hydroxylation is 2. The molecule has 0 bridgehead atoms. The Morgan fingerprint density at radius 3 is 2.41 bits per heavy atom. The highest BCUT2D eigenvalue weighted by molar-refractivity contribution is 5.88. The number of nitrogens with two attached hydrogens (primary N) is 1. The molecule has 1 aromatic heterocycles. The molecule has 6 nitrogen and oxygen atoms in total. The van der Waals surface area contributed by atoms with Gasteiger partial charge in [0, 0.05) is 24.2 Å². The van der Waals surface area contributed by atoms with Crippen LogP contribution in [-0.4, -0.2) is 20.9 Å². The van der Waals surface area contributed by atoms with Crippen molar-refractivity contribution < 1.29 is 23.1 Å². The summed E-state index contributed by atoms with van der Waals surface area (Å²) in [6.45, 7) is -0.135. The molecule has 0 amide bonds. The quantitative estimate of drug-likeness (QED) is 0.660. The molecule has 150 valence electrons. The number of hydrogen-bond acceptors (Lipinski definition) is 4. The van der Waals surface area contributed by atoms with E-state index in [2.05, 4.69) is 5.10 Å². The van der Waals surface area contributed by atoms with Crippen molar-refractivity contribution in [1.82, 2.24) is 9.78 Å². The van der Waals surface area contributed by atoms with Gasteiger partial charge in [-0.2, -0.15) is 5.10 Å². The minimum atomic E-state index is -1.44. The zero-order chi connectivity index (χ0) is 21.1. The van der Waals surface area contributed by atoms with Gasteiger partial charge >= 0.3 is 5.97 Å². The number of nitrogens with zero attached hydrogens (tertiary/aromatic N) is 2. The Labute approximate surface area is 163 Å². The zero-order valence-electron chi connectivity index (χ0n) is 15.0. The highest BCUT2D eigenvalue weighted by Crippen LogP contribution is 2.20. The van der Waals surface area contributed by atoms with Crippen molar-refractivity contribution in [2.45, 2.75) is 19.5 Å². The van der Waals surface area contributed by atoms with Crippen LogP contribution in [0, 0.1) is 17.5 Å². The normalized spacial score (nSPS) is 10.9. The maximum absolute atomic E-state index is 13.7. The third kappa shape index (κ3) is 4.35. The molecule has 0 fully saturated rings. The van der Waals surface area contributed by atoms with Gasteiger partial charge in [-0.05, 0) is 48.4 Å². The van der Waals surface area contributed by atoms with E-state index in [1.165, 1.54) is 24.3 Å². The predicted molar refractivity (Wildman–Crippen MR) is 98.8 cm³/mol. The number of rotatable bonds is 6. The first kappa shape index (κ1) is 20.3. The van der Waals surface area contributed by atoms with Gasteiger partial charge in [0.1, 0.15) is 11.4 Å². The van der Waals surface area contributed by atoms with Crippen LogP contribution in [0.4, 0.5) is 13.2 Å². The summed E-state index contributed by atoms with van der Waals surface area (Å²) in [5.74, 6) is -3.97. The molecule has 2 aromatic carbocycles. The van der Waals surface area contributed by atoms with Gasteiger partial charge in [-0.1, -0.05) is 6.07 Å². The van der Waals surface area contributed by atoms with E-state index in [1.807, 2.05) is 0 Å². The fourth-order valence-corrected chi connectivity index (χ4v) is 2.81. The predicted octanol–water partition coefficient (Wildman–Crippen LogP) is 2.73. The monoisotopic (exact) mass is 403 g/mol. The first-order chi connectivity index (χ1) is 13.8. The molecule has 3 rings (SSSR count). The minimum absolute atomic E-state index is 0.0665. The average Bonchev–Trinajstić information content (AvgIpc) is 2.70. The molecule has 3 N–H and O–H groups in total. The van der Waals surface area contributed by atoms with E-state index in [0.29, 0.717) is 11.1 Å². The van der Waals surface area contributed by atoms with Crippen LogP contribution in [0.2, 0.25) is 0 Å². The number of benzene rings is 2. The van der Waals surface area contributed by atoms with E-state index in [0.717, 1.165) is 22.9 Å². The Morgan fingerprint density at radius 1 is 1.03 bits per heavy atom. The van der Waals surface area contributed by atoms with Crippen molar-refractivity contribution in [1.29, 1.82) is 0 Å². The third-order valence-corrected chi connectivity index (χ3v) is 4.36. The van der Waals surface area contributed by atoms with Crippen LogP contribution in [0.3, 0.4) is 0 Å². The second kappa shape index (κ2) is 8.27. The number of carbonyl (C=O) groups is 1. The fourth-order valence-electron chi connectivity index (χ4n) is 2.81. The van der Waals surface area contributed by atoms with Crippen molar-refractivity contribution in [2.75, 3.05) is 0 Å². The van der Waals surface area contributed by atoms with E-state index in [4.69, 9.17) is 5.73 Å². The molecule has 0 spiro atoms. The van der Waals surface area contributed by atoms with E-state index in [-0.39, 0.29) is 30.8 Å². The van der Waals surface area contributed by atoms with Crippen LogP contribution in [0.25, 0.3) is 11.3 Å². The summed E-state index contributed by atoms with van der Waals surface area (Å²) in [4.78, 5) is 23.9. The first-order valence-electron chi connectivity index (χ1n) is 8.58. The summed E-state index contributed by atoms with van der Waals surface area (Å²) in [6.07, 6.45) is 0.115. The smallest absolute Gasteiger partial charge is 0.341 e. The lowest BCUT2D eigenvalue weighted by atomic mass is 10.1. The Kier molecular flexibility index (Phi) is 5.79. The lowest BCUT2D eigenvalue weighted by Crippen LogP contribution is -2.29. The molecule has 0 unspecified atom stereocenters. The first-order valence-corrected chi connectivity index (χ1v) is 8.58. The van der Waals surface area contributed by atoms with Gasteiger partial charge in [0.25, 0.3) is 5.56 Å². The van der Waals surface area contributed by atoms with Crippen molar-refractivity contribution in [3.63, 3.8) is 0 Å². The number of carboxylic acids is 1. The summed E-state index contributed by atoms with van der Waals surface area (Å²) < 4.78 is 41.1. The lowest BCUT2D eigenvalue weighted by Gasteiger charge is -2.11. The van der Waals surface area contributed by atoms with Crippen molar-refractivity contribution in [3.05, 3.63) is 87.0 Å². The van der Waals surface area contributed by atoms with E-state index in [9.17, 15) is 27.9 Å². The molecule has 0 saturated carbocycles. The fraction of sp³-hybridized carbons (Fsp3) is 0.150. The summed E-state index contributed by atoms with van der Waals surface area (Å²) in [7, 11) is 0. The van der Waals surface area contributed by atoms with Gasteiger partial charge in [-0.25, -0.2) is 22.6 Å². The van der Waals surface area contributed by atoms with Gasteiger partial charge in [0.15, 0.2) is 11.6 Å². The summed E-state index contributed by atoms with van der Waals surface area (Å²) in [5.41, 5.74) is 5.28. The van der Waals surface area contributed by atoms with Gasteiger partial charge in [-0.3, -0.25) is 4.79 Å². The third-order valence-electron chi connectivity index (χ3n) is 4.36. The van der Waals surface area contributed by atoms with E-state index >= 15 is 0 Å². The second-order valence-corrected chi connectivity index (χ2v) is 6.29.